The molecule has 3 N–H and O–H groups in total. The number of benzene rings is 3. The zero-order valence-corrected chi connectivity index (χ0v) is 16.6. The number of anilines is 3. The van der Waals surface area contributed by atoms with Crippen LogP contribution in [-0.2, 0) is 0 Å². The Morgan fingerprint density at radius 3 is 2.60 bits per heavy atom. The molecule has 0 saturated carbocycles. The van der Waals surface area contributed by atoms with E-state index in [9.17, 15) is 9.50 Å². The van der Waals surface area contributed by atoms with E-state index in [0.29, 0.717) is 17.3 Å². The normalized spacial score (nSPS) is 10.8. The van der Waals surface area contributed by atoms with Crippen molar-refractivity contribution in [2.75, 3.05) is 24.3 Å². The van der Waals surface area contributed by atoms with Crippen molar-refractivity contribution in [3.8, 4) is 22.6 Å². The number of phenols is 1. The molecule has 30 heavy (non-hydrogen) atoms. The molecular weight excluding hydrogens is 383 g/mol. The molecule has 1 aromatic heterocycles. The molecule has 4 rings (SSSR count). The maximum absolute atomic E-state index is 14.4. The number of aromatic hydroxyl groups is 1. The maximum atomic E-state index is 14.4. The first kappa shape index (κ1) is 19.4. The predicted octanol–water partition coefficient (Wildman–Crippen LogP) is 5.33. The number of fused-ring (bicyclic) bond motifs is 1. The smallest absolute Gasteiger partial charge is 0.161 e. The summed E-state index contributed by atoms with van der Waals surface area (Å²) in [6.07, 6.45) is 1.44. The van der Waals surface area contributed by atoms with Gasteiger partial charge in [0.1, 0.15) is 18.0 Å². The van der Waals surface area contributed by atoms with Crippen LogP contribution in [0, 0.1) is 5.82 Å². The van der Waals surface area contributed by atoms with Gasteiger partial charge in [-0.2, -0.15) is 0 Å². The molecule has 0 saturated heterocycles. The Balaban J connectivity index is 1.77. The highest BCUT2D eigenvalue weighted by Gasteiger charge is 2.11. The number of hydrogen-bond acceptors (Lipinski definition) is 6. The fourth-order valence-electron chi connectivity index (χ4n) is 3.26. The molecule has 4 aromatic rings. The Hall–Kier alpha value is -3.87. The second kappa shape index (κ2) is 8.24. The average molecular weight is 404 g/mol. The van der Waals surface area contributed by atoms with Crippen LogP contribution in [0.1, 0.15) is 6.92 Å². The monoisotopic (exact) mass is 404 g/mol. The number of hydrogen-bond donors (Lipinski definition) is 3. The van der Waals surface area contributed by atoms with Crippen molar-refractivity contribution in [3.63, 3.8) is 0 Å². The van der Waals surface area contributed by atoms with Gasteiger partial charge in [-0.15, -0.1) is 0 Å². The summed E-state index contributed by atoms with van der Waals surface area (Å²) in [5.74, 6) is 0.587. The van der Waals surface area contributed by atoms with Gasteiger partial charge in [0, 0.05) is 17.6 Å². The molecule has 0 spiro atoms. The van der Waals surface area contributed by atoms with Crippen molar-refractivity contribution < 1.29 is 14.2 Å². The van der Waals surface area contributed by atoms with Gasteiger partial charge in [0.25, 0.3) is 0 Å². The average Bonchev–Trinajstić information content (AvgIpc) is 2.76. The minimum atomic E-state index is -0.372. The van der Waals surface area contributed by atoms with Crippen LogP contribution in [0.25, 0.3) is 22.0 Å². The first-order chi connectivity index (χ1) is 14.6. The van der Waals surface area contributed by atoms with Crippen molar-refractivity contribution in [3.05, 3.63) is 66.7 Å². The third-order valence-electron chi connectivity index (χ3n) is 4.75. The van der Waals surface area contributed by atoms with E-state index < -0.39 is 0 Å². The highest BCUT2D eigenvalue weighted by atomic mass is 19.1. The number of phenolic OH excluding ortho intramolecular Hbond substituents is 1. The number of halogens is 1. The lowest BCUT2D eigenvalue weighted by Crippen LogP contribution is -2.01. The van der Waals surface area contributed by atoms with Gasteiger partial charge >= 0.3 is 0 Å². The van der Waals surface area contributed by atoms with Gasteiger partial charge in [-0.3, -0.25) is 0 Å². The van der Waals surface area contributed by atoms with Crippen LogP contribution >= 0.6 is 0 Å². The van der Waals surface area contributed by atoms with E-state index in [1.807, 2.05) is 25.1 Å². The van der Waals surface area contributed by atoms with E-state index in [4.69, 9.17) is 4.74 Å². The SMILES string of the molecule is CCNc1ccc(F)c(Nc2ncnc3ccc(-c4ccc(O)c(OC)c4)cc23)c1. The largest absolute Gasteiger partial charge is 0.504 e. The van der Waals surface area contributed by atoms with Crippen LogP contribution in [0.4, 0.5) is 21.6 Å². The summed E-state index contributed by atoms with van der Waals surface area (Å²) in [5, 5.41) is 16.9. The summed E-state index contributed by atoms with van der Waals surface area (Å²) in [4.78, 5) is 8.64. The van der Waals surface area contributed by atoms with Crippen molar-refractivity contribution in [2.24, 2.45) is 0 Å². The van der Waals surface area contributed by atoms with Crippen LogP contribution in [-0.4, -0.2) is 28.7 Å². The lowest BCUT2D eigenvalue weighted by molar-refractivity contribution is 0.373. The predicted molar refractivity (Wildman–Crippen MR) is 117 cm³/mol. The molecule has 1 heterocycles. The molecule has 0 atom stereocenters. The van der Waals surface area contributed by atoms with Gasteiger partial charge in [-0.25, -0.2) is 14.4 Å². The zero-order chi connectivity index (χ0) is 21.1. The fraction of sp³-hybridized carbons (Fsp3) is 0.130. The molecule has 3 aromatic carbocycles. The van der Waals surface area contributed by atoms with Gasteiger partial charge in [0.15, 0.2) is 11.5 Å². The number of methoxy groups -OCH3 is 1. The summed E-state index contributed by atoms with van der Waals surface area (Å²) < 4.78 is 19.6. The Bertz CT molecular complexity index is 1210. The van der Waals surface area contributed by atoms with E-state index in [1.54, 1.807) is 30.3 Å². The number of ether oxygens (including phenoxy) is 1. The van der Waals surface area contributed by atoms with Gasteiger partial charge < -0.3 is 20.5 Å². The van der Waals surface area contributed by atoms with Gasteiger partial charge in [-0.05, 0) is 60.5 Å². The molecule has 7 heteroatoms. The molecule has 6 nitrogen and oxygen atoms in total. The number of aromatic nitrogens is 2. The summed E-state index contributed by atoms with van der Waals surface area (Å²) in [6.45, 7) is 2.72. The van der Waals surface area contributed by atoms with Crippen molar-refractivity contribution >= 4 is 28.1 Å². The summed E-state index contributed by atoms with van der Waals surface area (Å²) >= 11 is 0. The van der Waals surface area contributed by atoms with Crippen LogP contribution in [0.3, 0.4) is 0 Å². The van der Waals surface area contributed by atoms with Crippen LogP contribution in [0.2, 0.25) is 0 Å². The Morgan fingerprint density at radius 1 is 1.00 bits per heavy atom. The molecule has 0 aliphatic carbocycles. The molecule has 0 radical (unpaired) electrons. The van der Waals surface area contributed by atoms with Crippen molar-refractivity contribution in [2.45, 2.75) is 6.92 Å². The highest BCUT2D eigenvalue weighted by molar-refractivity contribution is 5.94. The fourth-order valence-corrected chi connectivity index (χ4v) is 3.26. The number of nitrogens with zero attached hydrogens (tertiary/aromatic N) is 2. The van der Waals surface area contributed by atoms with Crippen molar-refractivity contribution in [1.29, 1.82) is 0 Å². The minimum Gasteiger partial charge on any atom is -0.504 e. The third kappa shape index (κ3) is 3.82. The molecule has 0 aliphatic rings. The summed E-state index contributed by atoms with van der Waals surface area (Å²) in [5.41, 5.74) is 3.62. The van der Waals surface area contributed by atoms with E-state index in [2.05, 4.69) is 20.6 Å². The second-order valence-corrected chi connectivity index (χ2v) is 6.69. The van der Waals surface area contributed by atoms with Crippen LogP contribution < -0.4 is 15.4 Å². The number of nitrogens with one attached hydrogen (secondary N) is 2. The Labute approximate surface area is 173 Å². The quantitative estimate of drug-likeness (QED) is 0.403. The van der Waals surface area contributed by atoms with E-state index >= 15 is 0 Å². The lowest BCUT2D eigenvalue weighted by atomic mass is 10.0. The minimum absolute atomic E-state index is 0.0729. The third-order valence-corrected chi connectivity index (χ3v) is 4.75. The molecule has 0 amide bonds. The zero-order valence-electron chi connectivity index (χ0n) is 16.6. The van der Waals surface area contributed by atoms with Crippen LogP contribution in [0.5, 0.6) is 11.5 Å². The van der Waals surface area contributed by atoms with Crippen molar-refractivity contribution in [1.82, 2.24) is 9.97 Å². The van der Waals surface area contributed by atoms with Gasteiger partial charge in [0.2, 0.25) is 0 Å². The molecule has 0 unspecified atom stereocenters. The topological polar surface area (TPSA) is 79.3 Å². The Morgan fingerprint density at radius 2 is 1.80 bits per heavy atom. The molecule has 0 bridgehead atoms. The number of rotatable bonds is 6. The standard InChI is InChI=1S/C23H21FN4O2/c1-3-25-16-6-7-18(24)20(12-16)28-23-17-10-14(4-8-19(17)26-13-27-23)15-5-9-21(29)22(11-15)30-2/h4-13,25,29H,3H2,1-2H3,(H,26,27,28). The highest BCUT2D eigenvalue weighted by Crippen LogP contribution is 2.34. The molecule has 152 valence electrons. The molecule has 0 aliphatic heterocycles. The van der Waals surface area contributed by atoms with E-state index in [0.717, 1.165) is 34.3 Å². The first-order valence-electron chi connectivity index (χ1n) is 9.51. The van der Waals surface area contributed by atoms with Gasteiger partial charge in [-0.1, -0.05) is 12.1 Å². The first-order valence-corrected chi connectivity index (χ1v) is 9.51. The van der Waals surface area contributed by atoms with Crippen LogP contribution in [0.15, 0.2) is 60.9 Å². The molecular formula is C23H21FN4O2. The lowest BCUT2D eigenvalue weighted by Gasteiger charge is -2.12. The molecule has 0 fully saturated rings. The van der Waals surface area contributed by atoms with Gasteiger partial charge in [0.05, 0.1) is 18.3 Å². The van der Waals surface area contributed by atoms with E-state index in [-0.39, 0.29) is 11.6 Å². The summed E-state index contributed by atoms with van der Waals surface area (Å²) in [7, 11) is 1.51. The Kier molecular flexibility index (Phi) is 5.34. The maximum Gasteiger partial charge on any atom is 0.161 e. The van der Waals surface area contributed by atoms with E-state index in [1.165, 1.54) is 19.5 Å². The summed E-state index contributed by atoms with van der Waals surface area (Å²) in [6, 6.07) is 15.7. The second-order valence-electron chi connectivity index (χ2n) is 6.69.